The highest BCUT2D eigenvalue weighted by Gasteiger charge is 2.57. The van der Waals surface area contributed by atoms with Crippen LogP contribution in [-0.4, -0.2) is 29.8 Å². The summed E-state index contributed by atoms with van der Waals surface area (Å²) in [4.78, 5) is 13.1. The molecule has 29 heavy (non-hydrogen) atoms. The maximum atomic E-state index is 13.2. The van der Waals surface area contributed by atoms with Crippen molar-refractivity contribution in [3.63, 3.8) is 0 Å². The average molecular weight is 409 g/mol. The van der Waals surface area contributed by atoms with Crippen molar-refractivity contribution < 1.29 is 9.18 Å². The van der Waals surface area contributed by atoms with Gasteiger partial charge in [0.2, 0.25) is 0 Å². The Morgan fingerprint density at radius 1 is 1.17 bits per heavy atom. The second-order valence-electron chi connectivity index (χ2n) is 10.1. The number of amidine groups is 1. The lowest BCUT2D eigenvalue weighted by atomic mass is 9.50. The van der Waals surface area contributed by atoms with Crippen LogP contribution in [0.1, 0.15) is 78.6 Å². The van der Waals surface area contributed by atoms with E-state index in [1.54, 1.807) is 6.92 Å². The molecule has 0 aromatic rings. The Bertz CT molecular complexity index is 612. The number of carbonyl (C=O) groups excluding carboxylic acids is 1. The molecule has 6 heteroatoms. The highest BCUT2D eigenvalue weighted by molar-refractivity contribution is 5.89. The summed E-state index contributed by atoms with van der Waals surface area (Å²) in [6.07, 6.45) is 9.99. The molecule has 0 spiro atoms. The van der Waals surface area contributed by atoms with E-state index in [-0.39, 0.29) is 30.3 Å². The summed E-state index contributed by atoms with van der Waals surface area (Å²) in [6.45, 7) is 6.35. The van der Waals surface area contributed by atoms with Gasteiger partial charge in [-0.05, 0) is 86.9 Å². The molecule has 0 radical (unpaired) electrons. The second kappa shape index (κ2) is 9.32. The van der Waals surface area contributed by atoms with E-state index in [4.69, 9.17) is 11.7 Å². The number of alkyl halides is 1. The fourth-order valence-corrected chi connectivity index (χ4v) is 7.51. The smallest absolute Gasteiger partial charge is 0.157 e. The molecule has 3 saturated carbocycles. The number of hydrogen-bond donors (Lipinski definition) is 2. The van der Waals surface area contributed by atoms with Crippen molar-refractivity contribution in [1.82, 2.24) is 5.01 Å². The van der Waals surface area contributed by atoms with Crippen molar-refractivity contribution >= 4 is 11.6 Å². The van der Waals surface area contributed by atoms with Crippen LogP contribution < -0.4 is 11.7 Å². The van der Waals surface area contributed by atoms with E-state index in [1.807, 2.05) is 0 Å². The zero-order valence-electron chi connectivity index (χ0n) is 18.6. The molecule has 0 saturated heterocycles. The van der Waals surface area contributed by atoms with Gasteiger partial charge in [-0.25, -0.2) is 5.84 Å². The molecule has 3 fully saturated rings. The summed E-state index contributed by atoms with van der Waals surface area (Å²) in [7, 11) is 0. The van der Waals surface area contributed by atoms with Crippen molar-refractivity contribution in [3.05, 3.63) is 0 Å². The number of hydrazone groups is 1. The third kappa shape index (κ3) is 4.19. The van der Waals surface area contributed by atoms with Crippen molar-refractivity contribution in [2.75, 3.05) is 13.2 Å². The topological polar surface area (TPSA) is 84.7 Å². The van der Waals surface area contributed by atoms with E-state index >= 15 is 0 Å². The fourth-order valence-electron chi connectivity index (χ4n) is 7.51. The maximum absolute atomic E-state index is 13.2. The number of fused-ring (bicyclic) bond motifs is 3. The van der Waals surface area contributed by atoms with Gasteiger partial charge in [-0.2, -0.15) is 5.10 Å². The molecule has 166 valence electrons. The summed E-state index contributed by atoms with van der Waals surface area (Å²) in [5.74, 6) is 15.4. The number of hydrogen-bond acceptors (Lipinski definition) is 4. The second-order valence-corrected chi connectivity index (χ2v) is 10.1. The Morgan fingerprint density at radius 2 is 1.93 bits per heavy atom. The average Bonchev–Trinajstić information content (AvgIpc) is 3.06. The van der Waals surface area contributed by atoms with Gasteiger partial charge in [0.05, 0.1) is 13.2 Å². The van der Waals surface area contributed by atoms with Gasteiger partial charge in [-0.15, -0.1) is 0 Å². The Kier molecular flexibility index (Phi) is 7.23. The number of hydrazine groups is 1. The van der Waals surface area contributed by atoms with Crippen molar-refractivity contribution in [3.8, 4) is 0 Å². The first-order valence-corrected chi connectivity index (χ1v) is 11.7. The fraction of sp³-hybridized carbons (Fsp3) is 0.913. The molecule has 4 N–H and O–H groups in total. The van der Waals surface area contributed by atoms with E-state index in [1.165, 1.54) is 37.1 Å². The number of ketones is 1. The Balaban J connectivity index is 1.74. The minimum absolute atomic E-state index is 0.0799. The zero-order chi connectivity index (χ0) is 21.2. The maximum Gasteiger partial charge on any atom is 0.157 e. The van der Waals surface area contributed by atoms with E-state index < -0.39 is 0 Å². The van der Waals surface area contributed by atoms with E-state index in [0.29, 0.717) is 29.5 Å². The van der Waals surface area contributed by atoms with Crippen LogP contribution >= 0.6 is 0 Å². The summed E-state index contributed by atoms with van der Waals surface area (Å²) >= 11 is 0. The van der Waals surface area contributed by atoms with Crippen LogP contribution in [0.25, 0.3) is 0 Å². The minimum atomic E-state index is -0.179. The molecule has 0 bridgehead atoms. The van der Waals surface area contributed by atoms with Gasteiger partial charge in [-0.1, -0.05) is 26.7 Å². The molecule has 3 aliphatic carbocycles. The Hall–Kier alpha value is -1.17. The highest BCUT2D eigenvalue weighted by Crippen LogP contribution is 2.63. The number of nitrogens with zero attached hydrogens (tertiary/aromatic N) is 2. The summed E-state index contributed by atoms with van der Waals surface area (Å²) < 4.78 is 13.2. The molecule has 3 aliphatic rings. The first-order chi connectivity index (χ1) is 13.9. The molecule has 0 aliphatic heterocycles. The number of rotatable bonds is 7. The SMILES string of the molecule is CCCC1C(CCF)CCC2C1CCC1(C)C(C(=O)CN(N)/C(C)=N\N)CCC21. The predicted octanol–water partition coefficient (Wildman–Crippen LogP) is 4.27. The van der Waals surface area contributed by atoms with Crippen LogP contribution in [0.3, 0.4) is 0 Å². The van der Waals surface area contributed by atoms with Gasteiger partial charge >= 0.3 is 0 Å². The normalized spacial score (nSPS) is 39.7. The standard InChI is InChI=1S/C23H41FN4O/c1-4-5-17-16(11-13-24)6-7-19-18(17)10-12-23(3)20(19)8-9-21(23)22(29)14-28(26)15(2)27-25/h16-21H,4-14,25-26H2,1-3H3/b27-15-. The lowest BCUT2D eigenvalue weighted by Gasteiger charge is -2.54. The molecule has 5 nitrogen and oxygen atoms in total. The first-order valence-electron chi connectivity index (χ1n) is 11.7. The number of carbonyl (C=O) groups is 1. The van der Waals surface area contributed by atoms with Crippen LogP contribution in [0, 0.1) is 40.9 Å². The molecule has 3 rings (SSSR count). The Morgan fingerprint density at radius 3 is 2.59 bits per heavy atom. The van der Waals surface area contributed by atoms with Crippen LogP contribution in [0.4, 0.5) is 4.39 Å². The van der Waals surface area contributed by atoms with Crippen molar-refractivity contribution in [2.45, 2.75) is 78.6 Å². The van der Waals surface area contributed by atoms with Gasteiger partial charge in [0.1, 0.15) is 5.84 Å². The van der Waals surface area contributed by atoms with Gasteiger partial charge in [-0.3, -0.25) is 14.2 Å². The summed E-state index contributed by atoms with van der Waals surface area (Å²) in [6, 6.07) is 0. The van der Waals surface area contributed by atoms with E-state index in [0.717, 1.165) is 31.6 Å². The van der Waals surface area contributed by atoms with Gasteiger partial charge < -0.3 is 5.84 Å². The molecular weight excluding hydrogens is 367 g/mol. The van der Waals surface area contributed by atoms with E-state index in [2.05, 4.69) is 18.9 Å². The van der Waals surface area contributed by atoms with Crippen molar-refractivity contribution in [2.24, 2.45) is 57.7 Å². The number of halogens is 1. The predicted molar refractivity (Wildman–Crippen MR) is 115 cm³/mol. The molecule has 0 aromatic carbocycles. The third-order valence-electron chi connectivity index (χ3n) is 8.94. The first kappa shape index (κ1) is 22.5. The van der Waals surface area contributed by atoms with Crippen LogP contribution in [0.5, 0.6) is 0 Å². The lowest BCUT2D eigenvalue weighted by molar-refractivity contribution is -0.130. The van der Waals surface area contributed by atoms with Gasteiger partial charge in [0, 0.05) is 5.92 Å². The highest BCUT2D eigenvalue weighted by atomic mass is 19.1. The molecule has 7 unspecified atom stereocenters. The largest absolute Gasteiger partial charge is 0.322 e. The zero-order valence-corrected chi connectivity index (χ0v) is 18.6. The summed E-state index contributed by atoms with van der Waals surface area (Å²) in [5, 5.41) is 4.99. The molecule has 0 aromatic heterocycles. The molecule has 0 heterocycles. The third-order valence-corrected chi connectivity index (χ3v) is 8.94. The Labute approximate surface area is 175 Å². The van der Waals surface area contributed by atoms with Gasteiger partial charge in [0.25, 0.3) is 0 Å². The number of nitrogens with two attached hydrogens (primary N) is 2. The van der Waals surface area contributed by atoms with Gasteiger partial charge in [0.15, 0.2) is 5.78 Å². The quantitative estimate of drug-likeness (QED) is 0.285. The van der Waals surface area contributed by atoms with E-state index in [9.17, 15) is 9.18 Å². The minimum Gasteiger partial charge on any atom is -0.322 e. The lowest BCUT2D eigenvalue weighted by Crippen LogP contribution is -2.50. The molecular formula is C23H41FN4O. The van der Waals surface area contributed by atoms with Crippen LogP contribution in [-0.2, 0) is 4.79 Å². The monoisotopic (exact) mass is 408 g/mol. The van der Waals surface area contributed by atoms with Crippen molar-refractivity contribution in [1.29, 1.82) is 0 Å². The molecule has 0 amide bonds. The van der Waals surface area contributed by atoms with Crippen LogP contribution in [0.2, 0.25) is 0 Å². The van der Waals surface area contributed by atoms with Crippen LogP contribution in [0.15, 0.2) is 5.10 Å². The number of Topliss-reactive ketones (excluding diaryl/α,β-unsaturated/α-hetero) is 1. The molecule has 7 atom stereocenters. The summed E-state index contributed by atoms with van der Waals surface area (Å²) in [5.41, 5.74) is 0.0799.